The van der Waals surface area contributed by atoms with Crippen LogP contribution in [0.1, 0.15) is 33.9 Å². The number of hydrogen-bond acceptors (Lipinski definition) is 6. The van der Waals surface area contributed by atoms with E-state index in [0.717, 1.165) is 16.0 Å². The Morgan fingerprint density at radius 1 is 0.941 bits per heavy atom. The zero-order valence-electron chi connectivity index (χ0n) is 19.2. The second-order valence-electron chi connectivity index (χ2n) is 8.09. The molecule has 1 aliphatic rings. The van der Waals surface area contributed by atoms with E-state index in [9.17, 15) is 14.4 Å². The van der Waals surface area contributed by atoms with E-state index in [4.69, 9.17) is 9.47 Å². The maximum Gasteiger partial charge on any atom is 0.337 e. The standard InChI is InChI=1S/C27H25NO5S/c1-18-12-14-22(15-13-18)34-27(26(31)33-3)17-23(29)28(24(27)19-8-5-4-6-9-19)21-11-7-10-20(16-21)25(30)32-2/h4-16,24H,17H2,1-3H3/t24-,27-/m1/s1. The topological polar surface area (TPSA) is 72.9 Å². The first-order valence-corrected chi connectivity index (χ1v) is 11.6. The highest BCUT2D eigenvalue weighted by Gasteiger charge is 2.59. The van der Waals surface area contributed by atoms with Gasteiger partial charge in [-0.05, 0) is 42.8 Å². The third-order valence-corrected chi connectivity index (χ3v) is 7.30. The third-order valence-electron chi connectivity index (χ3n) is 5.90. The minimum Gasteiger partial charge on any atom is -0.468 e. The fourth-order valence-corrected chi connectivity index (χ4v) is 5.72. The van der Waals surface area contributed by atoms with Crippen molar-refractivity contribution >= 4 is 35.3 Å². The Bertz CT molecular complexity index is 1210. The summed E-state index contributed by atoms with van der Waals surface area (Å²) >= 11 is 1.33. The lowest BCUT2D eigenvalue weighted by molar-refractivity contribution is -0.144. The van der Waals surface area contributed by atoms with Gasteiger partial charge in [0.1, 0.15) is 0 Å². The maximum absolute atomic E-state index is 13.6. The van der Waals surface area contributed by atoms with Gasteiger partial charge in [-0.1, -0.05) is 54.1 Å². The van der Waals surface area contributed by atoms with Crippen LogP contribution in [0.5, 0.6) is 0 Å². The lowest BCUT2D eigenvalue weighted by Gasteiger charge is -2.35. The van der Waals surface area contributed by atoms with Crippen LogP contribution >= 0.6 is 11.8 Å². The molecule has 0 bridgehead atoms. The highest BCUT2D eigenvalue weighted by atomic mass is 32.2. The summed E-state index contributed by atoms with van der Waals surface area (Å²) in [6, 6.07) is 23.3. The number of anilines is 1. The monoisotopic (exact) mass is 475 g/mol. The van der Waals surface area contributed by atoms with Crippen molar-refractivity contribution in [2.75, 3.05) is 19.1 Å². The molecule has 0 N–H and O–H groups in total. The second-order valence-corrected chi connectivity index (χ2v) is 9.50. The fraction of sp³-hybridized carbons (Fsp3) is 0.222. The van der Waals surface area contributed by atoms with Crippen LogP contribution < -0.4 is 4.90 Å². The molecule has 0 aromatic heterocycles. The summed E-state index contributed by atoms with van der Waals surface area (Å²) < 4.78 is 8.91. The van der Waals surface area contributed by atoms with Crippen LogP contribution in [0.2, 0.25) is 0 Å². The number of esters is 2. The number of benzene rings is 3. The van der Waals surface area contributed by atoms with Crippen LogP contribution in [0, 0.1) is 6.92 Å². The number of amides is 1. The van der Waals surface area contributed by atoms with E-state index in [-0.39, 0.29) is 12.3 Å². The Balaban J connectivity index is 1.89. The van der Waals surface area contributed by atoms with E-state index in [2.05, 4.69) is 0 Å². The number of thioether (sulfide) groups is 1. The average molecular weight is 476 g/mol. The number of carbonyl (C=O) groups is 3. The molecular formula is C27H25NO5S. The largest absolute Gasteiger partial charge is 0.468 e. The summed E-state index contributed by atoms with van der Waals surface area (Å²) in [5.41, 5.74) is 2.72. The predicted octanol–water partition coefficient (Wildman–Crippen LogP) is 4.96. The van der Waals surface area contributed by atoms with Crippen molar-refractivity contribution in [1.29, 1.82) is 0 Å². The molecule has 4 rings (SSSR count). The molecule has 3 aromatic carbocycles. The van der Waals surface area contributed by atoms with Gasteiger partial charge in [0, 0.05) is 10.6 Å². The zero-order valence-corrected chi connectivity index (χ0v) is 20.0. The van der Waals surface area contributed by atoms with E-state index in [1.54, 1.807) is 29.2 Å². The molecule has 0 radical (unpaired) electrons. The molecule has 7 heteroatoms. The number of hydrogen-bond donors (Lipinski definition) is 0. The van der Waals surface area contributed by atoms with Gasteiger partial charge < -0.3 is 14.4 Å². The van der Waals surface area contributed by atoms with Gasteiger partial charge in [-0.15, -0.1) is 11.8 Å². The van der Waals surface area contributed by atoms with E-state index in [1.807, 2.05) is 61.5 Å². The molecule has 0 spiro atoms. The first-order valence-electron chi connectivity index (χ1n) is 10.8. The molecule has 0 unspecified atom stereocenters. The van der Waals surface area contributed by atoms with E-state index in [1.165, 1.54) is 26.0 Å². The van der Waals surface area contributed by atoms with Gasteiger partial charge in [-0.2, -0.15) is 0 Å². The van der Waals surface area contributed by atoms with Crippen molar-refractivity contribution < 1.29 is 23.9 Å². The zero-order chi connectivity index (χ0) is 24.3. The summed E-state index contributed by atoms with van der Waals surface area (Å²) in [5, 5.41) is 0. The highest BCUT2D eigenvalue weighted by Crippen LogP contribution is 2.54. The van der Waals surface area contributed by atoms with Crippen LogP contribution in [0.15, 0.2) is 83.8 Å². The van der Waals surface area contributed by atoms with Crippen LogP contribution in [-0.2, 0) is 19.1 Å². The Labute approximate surface area is 202 Å². The minimum absolute atomic E-state index is 0.0553. The number of rotatable bonds is 6. The van der Waals surface area contributed by atoms with E-state index < -0.39 is 22.7 Å². The molecule has 34 heavy (non-hydrogen) atoms. The van der Waals surface area contributed by atoms with E-state index in [0.29, 0.717) is 11.3 Å². The molecule has 6 nitrogen and oxygen atoms in total. The molecule has 3 aromatic rings. The lowest BCUT2D eigenvalue weighted by atomic mass is 9.92. The Hall–Kier alpha value is -3.58. The molecule has 1 heterocycles. The summed E-state index contributed by atoms with van der Waals surface area (Å²) in [6.45, 7) is 1.99. The van der Waals surface area contributed by atoms with Crippen molar-refractivity contribution in [3.8, 4) is 0 Å². The number of carbonyl (C=O) groups excluding carboxylic acids is 3. The molecule has 174 valence electrons. The molecule has 1 saturated heterocycles. The van der Waals surface area contributed by atoms with Crippen LogP contribution in [-0.4, -0.2) is 36.8 Å². The summed E-state index contributed by atoms with van der Waals surface area (Å²) in [4.78, 5) is 41.6. The number of ether oxygens (including phenoxy) is 2. The minimum atomic E-state index is -1.23. The van der Waals surface area contributed by atoms with Gasteiger partial charge >= 0.3 is 11.9 Å². The number of methoxy groups -OCH3 is 2. The fourth-order valence-electron chi connectivity index (χ4n) is 4.31. The van der Waals surface area contributed by atoms with Crippen molar-refractivity contribution in [2.45, 2.75) is 29.0 Å². The highest BCUT2D eigenvalue weighted by molar-refractivity contribution is 8.01. The average Bonchev–Trinajstić information content (AvgIpc) is 3.17. The first-order chi connectivity index (χ1) is 16.4. The molecule has 2 atom stereocenters. The number of nitrogens with zero attached hydrogens (tertiary/aromatic N) is 1. The normalized spacial score (nSPS) is 19.7. The van der Waals surface area contributed by atoms with Crippen molar-refractivity contribution in [3.05, 3.63) is 95.6 Å². The van der Waals surface area contributed by atoms with Gasteiger partial charge in [0.15, 0.2) is 4.75 Å². The third kappa shape index (κ3) is 4.31. The number of aryl methyl sites for hydroxylation is 1. The predicted molar refractivity (Wildman–Crippen MR) is 131 cm³/mol. The van der Waals surface area contributed by atoms with Gasteiger partial charge in [-0.3, -0.25) is 9.59 Å². The summed E-state index contributed by atoms with van der Waals surface area (Å²) in [7, 11) is 2.65. The molecule has 0 aliphatic carbocycles. The summed E-state index contributed by atoms with van der Waals surface area (Å²) in [5.74, 6) is -1.22. The van der Waals surface area contributed by atoms with Gasteiger partial charge in [-0.25, -0.2) is 4.79 Å². The van der Waals surface area contributed by atoms with E-state index >= 15 is 0 Å². The SMILES string of the molecule is COC(=O)c1cccc(N2C(=O)C[C@](Sc3ccc(C)cc3)(C(=O)OC)[C@H]2c2ccccc2)c1. The van der Waals surface area contributed by atoms with Gasteiger partial charge in [0.05, 0.1) is 32.2 Å². The summed E-state index contributed by atoms with van der Waals surface area (Å²) in [6.07, 6.45) is -0.0553. The Kier molecular flexibility index (Phi) is 6.75. The molecule has 1 aliphatic heterocycles. The van der Waals surface area contributed by atoms with Crippen molar-refractivity contribution in [2.24, 2.45) is 0 Å². The molecule has 1 amide bonds. The first kappa shape index (κ1) is 23.6. The van der Waals surface area contributed by atoms with Gasteiger partial charge in [0.2, 0.25) is 5.91 Å². The smallest absolute Gasteiger partial charge is 0.337 e. The van der Waals surface area contributed by atoms with Crippen LogP contribution in [0.4, 0.5) is 5.69 Å². The van der Waals surface area contributed by atoms with Gasteiger partial charge in [0.25, 0.3) is 0 Å². The van der Waals surface area contributed by atoms with Crippen LogP contribution in [0.3, 0.4) is 0 Å². The molecule has 0 saturated carbocycles. The quantitative estimate of drug-likeness (QED) is 0.469. The van der Waals surface area contributed by atoms with Crippen molar-refractivity contribution in [1.82, 2.24) is 0 Å². The lowest BCUT2D eigenvalue weighted by Crippen LogP contribution is -2.42. The second kappa shape index (κ2) is 9.73. The molecule has 1 fully saturated rings. The van der Waals surface area contributed by atoms with Crippen molar-refractivity contribution in [3.63, 3.8) is 0 Å². The Morgan fingerprint density at radius 3 is 2.29 bits per heavy atom. The molecular weight excluding hydrogens is 450 g/mol. The van der Waals surface area contributed by atoms with Crippen LogP contribution in [0.25, 0.3) is 0 Å². The Morgan fingerprint density at radius 2 is 1.65 bits per heavy atom. The maximum atomic E-state index is 13.6.